The monoisotopic (exact) mass is 249 g/mol. The third kappa shape index (κ3) is 3.64. The van der Waals surface area contributed by atoms with Crippen molar-refractivity contribution in [3.63, 3.8) is 0 Å². The highest BCUT2D eigenvalue weighted by Gasteiger charge is 2.12. The van der Waals surface area contributed by atoms with E-state index in [2.05, 4.69) is 34.6 Å². The Labute approximate surface area is 102 Å². The molecule has 2 rings (SSSR count). The minimum atomic E-state index is -0.995. The van der Waals surface area contributed by atoms with E-state index in [1.54, 1.807) is 6.20 Å². The van der Waals surface area contributed by atoms with Gasteiger partial charge in [-0.25, -0.2) is 9.97 Å². The Bertz CT molecular complexity index is 457. The number of hydrogen-bond donors (Lipinski definition) is 1. The standard InChI is InChI=1S/C12H19N3OSi/c1-17(2,3)8-7-16-9-11-14-10-5-4-6-13-12(10)15-11/h4-6H,7-9H2,1-3H3,(H,13,14,15). The molecule has 0 fully saturated rings. The highest BCUT2D eigenvalue weighted by Crippen LogP contribution is 2.10. The number of nitrogens with one attached hydrogen (secondary N) is 1. The summed E-state index contributed by atoms with van der Waals surface area (Å²) in [6, 6.07) is 5.06. The lowest BCUT2D eigenvalue weighted by molar-refractivity contribution is 0.128. The lowest BCUT2D eigenvalue weighted by Crippen LogP contribution is -2.21. The average Bonchev–Trinajstić information content (AvgIpc) is 2.65. The largest absolute Gasteiger partial charge is 0.374 e. The van der Waals surface area contributed by atoms with Crippen molar-refractivity contribution in [2.45, 2.75) is 32.3 Å². The second kappa shape index (κ2) is 4.97. The normalized spacial score (nSPS) is 12.2. The van der Waals surface area contributed by atoms with Gasteiger partial charge >= 0.3 is 0 Å². The molecular weight excluding hydrogens is 230 g/mol. The zero-order valence-corrected chi connectivity index (χ0v) is 11.7. The van der Waals surface area contributed by atoms with Gasteiger partial charge in [0, 0.05) is 20.9 Å². The number of ether oxygens (including phenoxy) is 1. The molecule has 0 spiro atoms. The van der Waals surface area contributed by atoms with Crippen LogP contribution in [-0.4, -0.2) is 29.6 Å². The van der Waals surface area contributed by atoms with Crippen LogP contribution in [0.1, 0.15) is 5.82 Å². The van der Waals surface area contributed by atoms with Crippen LogP contribution in [0.5, 0.6) is 0 Å². The number of nitrogens with zero attached hydrogens (tertiary/aromatic N) is 2. The van der Waals surface area contributed by atoms with E-state index in [9.17, 15) is 0 Å². The molecule has 0 saturated carbocycles. The molecule has 2 heterocycles. The first-order valence-electron chi connectivity index (χ1n) is 5.92. The molecule has 4 nitrogen and oxygen atoms in total. The maximum absolute atomic E-state index is 5.64. The molecule has 0 saturated heterocycles. The van der Waals surface area contributed by atoms with Gasteiger partial charge in [-0.1, -0.05) is 19.6 Å². The fourth-order valence-corrected chi connectivity index (χ4v) is 2.27. The summed E-state index contributed by atoms with van der Waals surface area (Å²) in [4.78, 5) is 11.8. The van der Waals surface area contributed by atoms with Crippen molar-refractivity contribution in [2.24, 2.45) is 0 Å². The van der Waals surface area contributed by atoms with Gasteiger partial charge in [0.15, 0.2) is 5.65 Å². The molecule has 92 valence electrons. The second-order valence-electron chi connectivity index (χ2n) is 5.42. The molecule has 5 heteroatoms. The molecule has 0 aliphatic rings. The summed E-state index contributed by atoms with van der Waals surface area (Å²) < 4.78 is 5.64. The zero-order chi connectivity index (χ0) is 12.3. The zero-order valence-electron chi connectivity index (χ0n) is 10.7. The van der Waals surface area contributed by atoms with Crippen LogP contribution in [0.3, 0.4) is 0 Å². The molecule has 0 bridgehead atoms. The number of imidazole rings is 1. The van der Waals surface area contributed by atoms with Crippen molar-refractivity contribution in [2.75, 3.05) is 6.61 Å². The molecule has 0 unspecified atom stereocenters. The van der Waals surface area contributed by atoms with E-state index in [4.69, 9.17) is 4.74 Å². The maximum atomic E-state index is 5.64. The molecule has 0 aliphatic heterocycles. The first-order valence-corrected chi connectivity index (χ1v) is 9.63. The first-order chi connectivity index (χ1) is 8.04. The fraction of sp³-hybridized carbons (Fsp3) is 0.500. The maximum Gasteiger partial charge on any atom is 0.177 e. The summed E-state index contributed by atoms with van der Waals surface area (Å²) in [5, 5.41) is 0. The minimum Gasteiger partial charge on any atom is -0.374 e. The Morgan fingerprint density at radius 1 is 1.35 bits per heavy atom. The van der Waals surface area contributed by atoms with Crippen molar-refractivity contribution >= 4 is 19.2 Å². The van der Waals surface area contributed by atoms with Crippen molar-refractivity contribution in [1.29, 1.82) is 0 Å². The lowest BCUT2D eigenvalue weighted by atomic mass is 10.4. The van der Waals surface area contributed by atoms with Crippen LogP contribution < -0.4 is 0 Å². The number of aromatic amines is 1. The summed E-state index contributed by atoms with van der Waals surface area (Å²) in [6.45, 7) is 8.41. The Hall–Kier alpha value is -1.20. The molecule has 0 atom stereocenters. The van der Waals surface area contributed by atoms with Crippen LogP contribution in [-0.2, 0) is 11.3 Å². The van der Waals surface area contributed by atoms with Crippen LogP contribution in [0, 0.1) is 0 Å². The fourth-order valence-electron chi connectivity index (χ4n) is 1.51. The van der Waals surface area contributed by atoms with Gasteiger partial charge in [-0.15, -0.1) is 0 Å². The van der Waals surface area contributed by atoms with Crippen LogP contribution in [0.15, 0.2) is 18.3 Å². The van der Waals surface area contributed by atoms with Crippen molar-refractivity contribution < 1.29 is 4.74 Å². The van der Waals surface area contributed by atoms with Gasteiger partial charge in [0.05, 0.1) is 5.52 Å². The predicted octanol–water partition coefficient (Wildman–Crippen LogP) is 2.81. The molecule has 0 amide bonds. The van der Waals surface area contributed by atoms with Gasteiger partial charge in [0.1, 0.15) is 12.4 Å². The van der Waals surface area contributed by atoms with Gasteiger partial charge in [-0.3, -0.25) is 0 Å². The quantitative estimate of drug-likeness (QED) is 0.655. The molecule has 17 heavy (non-hydrogen) atoms. The second-order valence-corrected chi connectivity index (χ2v) is 11.0. The third-order valence-corrected chi connectivity index (χ3v) is 4.25. The summed E-state index contributed by atoms with van der Waals surface area (Å²) in [5.74, 6) is 0.856. The smallest absolute Gasteiger partial charge is 0.177 e. The molecular formula is C12H19N3OSi. The number of H-pyrrole nitrogens is 1. The Kier molecular flexibility index (Phi) is 3.59. The molecule has 1 N–H and O–H groups in total. The van der Waals surface area contributed by atoms with E-state index in [-0.39, 0.29) is 0 Å². The van der Waals surface area contributed by atoms with E-state index in [0.717, 1.165) is 23.6 Å². The van der Waals surface area contributed by atoms with E-state index in [1.165, 1.54) is 6.04 Å². The van der Waals surface area contributed by atoms with Gasteiger partial charge in [-0.05, 0) is 18.2 Å². The van der Waals surface area contributed by atoms with Gasteiger partial charge in [0.25, 0.3) is 0 Å². The lowest BCUT2D eigenvalue weighted by Gasteiger charge is -2.14. The topological polar surface area (TPSA) is 50.8 Å². The average molecular weight is 249 g/mol. The van der Waals surface area contributed by atoms with Gasteiger partial charge < -0.3 is 9.72 Å². The summed E-state index contributed by atoms with van der Waals surface area (Å²) in [7, 11) is -0.995. The number of rotatable bonds is 5. The SMILES string of the molecule is C[Si](C)(C)CCOCc1nc2ncccc2[nH]1. The third-order valence-electron chi connectivity index (χ3n) is 2.54. The highest BCUT2D eigenvalue weighted by molar-refractivity contribution is 6.76. The van der Waals surface area contributed by atoms with Crippen LogP contribution >= 0.6 is 0 Å². The van der Waals surface area contributed by atoms with Crippen LogP contribution in [0.4, 0.5) is 0 Å². The van der Waals surface area contributed by atoms with E-state index < -0.39 is 8.07 Å². The Balaban J connectivity index is 1.87. The van der Waals surface area contributed by atoms with Crippen molar-refractivity contribution in [3.8, 4) is 0 Å². The Morgan fingerprint density at radius 3 is 2.88 bits per heavy atom. The number of aromatic nitrogens is 3. The number of fused-ring (bicyclic) bond motifs is 1. The molecule has 2 aromatic heterocycles. The summed E-state index contributed by atoms with van der Waals surface area (Å²) in [6.07, 6.45) is 1.75. The Morgan fingerprint density at radius 2 is 2.18 bits per heavy atom. The van der Waals surface area contributed by atoms with Crippen LogP contribution in [0.2, 0.25) is 25.7 Å². The summed E-state index contributed by atoms with van der Waals surface area (Å²) in [5.41, 5.74) is 1.73. The predicted molar refractivity (Wildman–Crippen MR) is 71.7 cm³/mol. The summed E-state index contributed by atoms with van der Waals surface area (Å²) >= 11 is 0. The minimum absolute atomic E-state index is 0.543. The molecule has 2 aromatic rings. The number of pyridine rings is 1. The molecule has 0 radical (unpaired) electrons. The first kappa shape index (κ1) is 12.3. The van der Waals surface area contributed by atoms with Gasteiger partial charge in [-0.2, -0.15) is 0 Å². The van der Waals surface area contributed by atoms with E-state index in [1.807, 2.05) is 12.1 Å². The van der Waals surface area contributed by atoms with E-state index in [0.29, 0.717) is 6.61 Å². The van der Waals surface area contributed by atoms with Gasteiger partial charge in [0.2, 0.25) is 0 Å². The van der Waals surface area contributed by atoms with E-state index >= 15 is 0 Å². The van der Waals surface area contributed by atoms with Crippen molar-refractivity contribution in [1.82, 2.24) is 15.0 Å². The molecule has 0 aromatic carbocycles. The molecule has 0 aliphatic carbocycles. The number of hydrogen-bond acceptors (Lipinski definition) is 3. The highest BCUT2D eigenvalue weighted by atomic mass is 28.3. The van der Waals surface area contributed by atoms with Crippen LogP contribution in [0.25, 0.3) is 11.2 Å². The van der Waals surface area contributed by atoms with Crippen molar-refractivity contribution in [3.05, 3.63) is 24.2 Å².